The van der Waals surface area contributed by atoms with E-state index in [2.05, 4.69) is 0 Å². The zero-order valence-corrected chi connectivity index (χ0v) is 16.3. The lowest BCUT2D eigenvalue weighted by molar-refractivity contribution is -0.145. The molecule has 0 saturated carbocycles. The van der Waals surface area contributed by atoms with Crippen LogP contribution < -0.4 is 4.74 Å². The Labute approximate surface area is 168 Å². The second-order valence-corrected chi connectivity index (χ2v) is 6.42. The Morgan fingerprint density at radius 1 is 1.00 bits per heavy atom. The third-order valence-electron chi connectivity index (χ3n) is 4.26. The van der Waals surface area contributed by atoms with Crippen LogP contribution in [0.2, 0.25) is 0 Å². The van der Waals surface area contributed by atoms with Crippen LogP contribution in [0.25, 0.3) is 11.8 Å². The number of hydrogen-bond donors (Lipinski definition) is 0. The molecule has 0 fully saturated rings. The summed E-state index contributed by atoms with van der Waals surface area (Å²) in [5.41, 5.74) is 2.44. The van der Waals surface area contributed by atoms with Crippen LogP contribution in [0.5, 0.6) is 5.75 Å². The standard InChI is InChI=1S/C23H20FNO4/c1-15-13-18(16(2)25(15)21-12-8-7-11-20(21)24)14-22(28-17(3)26)23(27)29-19-9-5-4-6-10-19/h4-14H,1-3H3. The Kier molecular flexibility index (Phi) is 5.93. The number of esters is 2. The van der Waals surface area contributed by atoms with Gasteiger partial charge in [0.2, 0.25) is 5.76 Å². The molecule has 0 unspecified atom stereocenters. The van der Waals surface area contributed by atoms with Crippen molar-refractivity contribution < 1.29 is 23.5 Å². The monoisotopic (exact) mass is 393 g/mol. The van der Waals surface area contributed by atoms with Crippen LogP contribution >= 0.6 is 0 Å². The van der Waals surface area contributed by atoms with Crippen molar-refractivity contribution in [2.24, 2.45) is 0 Å². The fourth-order valence-corrected chi connectivity index (χ4v) is 3.01. The van der Waals surface area contributed by atoms with Crippen molar-refractivity contribution in [2.45, 2.75) is 20.8 Å². The van der Waals surface area contributed by atoms with E-state index in [1.165, 1.54) is 19.1 Å². The summed E-state index contributed by atoms with van der Waals surface area (Å²) in [7, 11) is 0. The van der Waals surface area contributed by atoms with Crippen molar-refractivity contribution in [3.05, 3.63) is 89.2 Å². The number of aryl methyl sites for hydroxylation is 1. The van der Waals surface area contributed by atoms with E-state index >= 15 is 0 Å². The lowest BCUT2D eigenvalue weighted by Crippen LogP contribution is -2.15. The van der Waals surface area contributed by atoms with E-state index in [1.807, 2.05) is 6.92 Å². The second-order valence-electron chi connectivity index (χ2n) is 6.42. The molecule has 0 spiro atoms. The molecule has 29 heavy (non-hydrogen) atoms. The molecule has 148 valence electrons. The molecule has 0 aliphatic heterocycles. The average Bonchev–Trinajstić information content (AvgIpc) is 2.95. The van der Waals surface area contributed by atoms with Crippen molar-refractivity contribution >= 4 is 18.0 Å². The third-order valence-corrected chi connectivity index (χ3v) is 4.26. The van der Waals surface area contributed by atoms with Gasteiger partial charge in [0.15, 0.2) is 0 Å². The first kappa shape index (κ1) is 20.1. The molecule has 3 rings (SSSR count). The van der Waals surface area contributed by atoms with Crippen molar-refractivity contribution in [2.75, 3.05) is 0 Å². The first-order valence-electron chi connectivity index (χ1n) is 8.98. The van der Waals surface area contributed by atoms with Gasteiger partial charge >= 0.3 is 11.9 Å². The summed E-state index contributed by atoms with van der Waals surface area (Å²) in [6.07, 6.45) is 1.42. The Bertz CT molecular complexity index is 1080. The SMILES string of the molecule is CC(=O)OC(=Cc1cc(C)n(-c2ccccc2F)c1C)C(=O)Oc1ccccc1. The van der Waals surface area contributed by atoms with Gasteiger partial charge in [-0.15, -0.1) is 0 Å². The number of benzene rings is 2. The smallest absolute Gasteiger partial charge is 0.379 e. The van der Waals surface area contributed by atoms with Gasteiger partial charge in [-0.2, -0.15) is 0 Å². The quantitative estimate of drug-likeness (QED) is 0.272. The molecule has 5 nitrogen and oxygen atoms in total. The largest absolute Gasteiger partial charge is 0.421 e. The molecule has 0 N–H and O–H groups in total. The molecule has 0 radical (unpaired) electrons. The molecule has 1 aromatic heterocycles. The van der Waals surface area contributed by atoms with Crippen molar-refractivity contribution in [1.82, 2.24) is 4.57 Å². The van der Waals surface area contributed by atoms with Crippen LogP contribution in [-0.4, -0.2) is 16.5 Å². The summed E-state index contributed by atoms with van der Waals surface area (Å²) in [6, 6.07) is 16.7. The van der Waals surface area contributed by atoms with Crippen molar-refractivity contribution in [1.29, 1.82) is 0 Å². The maximum absolute atomic E-state index is 14.3. The Morgan fingerprint density at radius 3 is 2.31 bits per heavy atom. The molecule has 0 aliphatic carbocycles. The number of hydrogen-bond acceptors (Lipinski definition) is 4. The van der Waals surface area contributed by atoms with E-state index in [0.717, 1.165) is 5.69 Å². The number of carbonyl (C=O) groups is 2. The van der Waals surface area contributed by atoms with Gasteiger partial charge in [0.25, 0.3) is 0 Å². The minimum atomic E-state index is -0.804. The minimum absolute atomic E-state index is 0.255. The lowest BCUT2D eigenvalue weighted by Gasteiger charge is -2.11. The van der Waals surface area contributed by atoms with Gasteiger partial charge in [-0.1, -0.05) is 30.3 Å². The maximum atomic E-state index is 14.3. The van der Waals surface area contributed by atoms with Crippen LogP contribution in [0.3, 0.4) is 0 Å². The fraction of sp³-hybridized carbons (Fsp3) is 0.130. The first-order chi connectivity index (χ1) is 13.9. The van der Waals surface area contributed by atoms with Crippen LogP contribution in [0.1, 0.15) is 23.9 Å². The fourth-order valence-electron chi connectivity index (χ4n) is 3.01. The summed E-state index contributed by atoms with van der Waals surface area (Å²) in [4.78, 5) is 24.0. The number of para-hydroxylation sites is 2. The summed E-state index contributed by atoms with van der Waals surface area (Å²) in [5.74, 6) is -1.75. The van der Waals surface area contributed by atoms with Gasteiger partial charge < -0.3 is 14.0 Å². The highest BCUT2D eigenvalue weighted by Gasteiger charge is 2.19. The van der Waals surface area contributed by atoms with Crippen molar-refractivity contribution in [3.63, 3.8) is 0 Å². The number of aromatic nitrogens is 1. The molecule has 0 atom stereocenters. The molecule has 6 heteroatoms. The molecule has 1 heterocycles. The molecule has 0 bridgehead atoms. The Morgan fingerprint density at radius 2 is 1.66 bits per heavy atom. The van der Waals surface area contributed by atoms with Crippen LogP contribution in [-0.2, 0) is 14.3 Å². The Hall–Kier alpha value is -3.67. The maximum Gasteiger partial charge on any atom is 0.379 e. The molecule has 2 aromatic carbocycles. The number of ether oxygens (including phenoxy) is 2. The second kappa shape index (κ2) is 8.56. The van der Waals surface area contributed by atoms with Gasteiger partial charge in [0.1, 0.15) is 11.6 Å². The molecule has 3 aromatic rings. The van der Waals surface area contributed by atoms with E-state index in [9.17, 15) is 14.0 Å². The van der Waals surface area contributed by atoms with Gasteiger partial charge in [0.05, 0.1) is 5.69 Å². The highest BCUT2D eigenvalue weighted by molar-refractivity contribution is 5.95. The van der Waals surface area contributed by atoms with E-state index in [1.54, 1.807) is 66.1 Å². The lowest BCUT2D eigenvalue weighted by atomic mass is 10.2. The summed E-state index contributed by atoms with van der Waals surface area (Å²) in [5, 5.41) is 0. The van der Waals surface area contributed by atoms with Crippen molar-refractivity contribution in [3.8, 4) is 11.4 Å². The minimum Gasteiger partial charge on any atom is -0.421 e. The number of nitrogens with zero attached hydrogens (tertiary/aromatic N) is 1. The molecular formula is C23H20FNO4. The van der Waals surface area contributed by atoms with Gasteiger partial charge in [-0.3, -0.25) is 4.79 Å². The highest BCUT2D eigenvalue weighted by atomic mass is 19.1. The number of rotatable bonds is 5. The molecule has 0 aliphatic rings. The van der Waals surface area contributed by atoms with Crippen LogP contribution in [0, 0.1) is 19.7 Å². The summed E-state index contributed by atoms with van der Waals surface area (Å²) in [6.45, 7) is 4.82. The zero-order chi connectivity index (χ0) is 21.0. The van der Waals surface area contributed by atoms with Crippen LogP contribution in [0.15, 0.2) is 66.4 Å². The summed E-state index contributed by atoms with van der Waals surface area (Å²) < 4.78 is 26.4. The van der Waals surface area contributed by atoms with Gasteiger partial charge in [0, 0.05) is 18.3 Å². The van der Waals surface area contributed by atoms with Gasteiger partial charge in [-0.25, -0.2) is 9.18 Å². The molecular weight excluding hydrogens is 373 g/mol. The zero-order valence-electron chi connectivity index (χ0n) is 16.3. The average molecular weight is 393 g/mol. The van der Waals surface area contributed by atoms with Crippen LogP contribution in [0.4, 0.5) is 4.39 Å². The highest BCUT2D eigenvalue weighted by Crippen LogP contribution is 2.25. The molecule has 0 amide bonds. The Balaban J connectivity index is 2.00. The normalized spacial score (nSPS) is 11.2. The number of halogens is 1. The van der Waals surface area contributed by atoms with E-state index in [-0.39, 0.29) is 11.6 Å². The number of carbonyl (C=O) groups excluding carboxylic acids is 2. The third kappa shape index (κ3) is 4.60. The predicted octanol–water partition coefficient (Wildman–Crippen LogP) is 4.74. The van der Waals surface area contributed by atoms with E-state index in [4.69, 9.17) is 9.47 Å². The predicted molar refractivity (Wildman–Crippen MR) is 107 cm³/mol. The molecule has 0 saturated heterocycles. The van der Waals surface area contributed by atoms with Gasteiger partial charge in [-0.05, 0) is 55.8 Å². The van der Waals surface area contributed by atoms with E-state index < -0.39 is 11.9 Å². The summed E-state index contributed by atoms with van der Waals surface area (Å²) >= 11 is 0. The topological polar surface area (TPSA) is 57.5 Å². The first-order valence-corrected chi connectivity index (χ1v) is 8.98. The van der Waals surface area contributed by atoms with E-state index in [0.29, 0.717) is 22.7 Å².